The monoisotopic (exact) mass is 404 g/mol. The minimum atomic E-state index is 0.0696. The van der Waals surface area contributed by atoms with Crippen LogP contribution in [-0.2, 0) is 17.8 Å². The van der Waals surface area contributed by atoms with Gasteiger partial charge in [0.1, 0.15) is 0 Å². The topological polar surface area (TPSA) is 23.6 Å². The zero-order valence-corrected chi connectivity index (χ0v) is 17.4. The van der Waals surface area contributed by atoms with Gasteiger partial charge in [-0.1, -0.05) is 60.0 Å². The van der Waals surface area contributed by atoms with Crippen LogP contribution in [-0.4, -0.2) is 36.3 Å². The highest BCUT2D eigenvalue weighted by atomic mass is 35.5. The summed E-state index contributed by atoms with van der Waals surface area (Å²) in [6.45, 7) is 1.74. The Morgan fingerprint density at radius 1 is 1.15 bits per heavy atom. The highest BCUT2D eigenvalue weighted by Crippen LogP contribution is 2.32. The lowest BCUT2D eigenvalue weighted by molar-refractivity contribution is -0.129. The third-order valence-electron chi connectivity index (χ3n) is 5.36. The number of piperidine rings is 1. The first-order chi connectivity index (χ1) is 13.0. The molecule has 1 atom stereocenters. The minimum Gasteiger partial charge on any atom is -0.341 e. The average Bonchev–Trinajstić information content (AvgIpc) is 2.66. The SMILES string of the molecule is CN(Cc1ccccc1C1CCCCN1C)C(=O)Cc1ccc(Cl)c(Cl)c1. The fraction of sp³-hybridized carbons (Fsp3) is 0.409. The van der Waals surface area contributed by atoms with E-state index in [1.165, 1.54) is 30.4 Å². The van der Waals surface area contributed by atoms with Crippen LogP contribution >= 0.6 is 23.2 Å². The Morgan fingerprint density at radius 2 is 1.93 bits per heavy atom. The van der Waals surface area contributed by atoms with Crippen molar-refractivity contribution in [2.75, 3.05) is 20.6 Å². The van der Waals surface area contributed by atoms with Gasteiger partial charge in [0.05, 0.1) is 16.5 Å². The van der Waals surface area contributed by atoms with Crippen molar-refractivity contribution in [1.29, 1.82) is 0 Å². The predicted octanol–water partition coefficient (Wildman–Crippen LogP) is 5.35. The van der Waals surface area contributed by atoms with Crippen LogP contribution in [0.3, 0.4) is 0 Å². The molecule has 0 aliphatic carbocycles. The summed E-state index contributed by atoms with van der Waals surface area (Å²) in [7, 11) is 4.06. The van der Waals surface area contributed by atoms with Crippen molar-refractivity contribution in [3.05, 3.63) is 69.2 Å². The molecular weight excluding hydrogens is 379 g/mol. The summed E-state index contributed by atoms with van der Waals surface area (Å²) in [5.74, 6) is 0.0696. The lowest BCUT2D eigenvalue weighted by Gasteiger charge is -2.34. The fourth-order valence-electron chi connectivity index (χ4n) is 3.77. The molecule has 0 radical (unpaired) electrons. The van der Waals surface area contributed by atoms with Crippen molar-refractivity contribution in [2.45, 2.75) is 38.3 Å². The number of likely N-dealkylation sites (N-methyl/N-ethyl adjacent to an activating group) is 1. The molecule has 2 aromatic rings. The maximum absolute atomic E-state index is 12.7. The Labute approximate surface area is 171 Å². The number of nitrogens with zero attached hydrogens (tertiary/aromatic N) is 2. The van der Waals surface area contributed by atoms with Crippen molar-refractivity contribution in [1.82, 2.24) is 9.80 Å². The van der Waals surface area contributed by atoms with Crippen LogP contribution in [0.2, 0.25) is 10.0 Å². The van der Waals surface area contributed by atoms with Gasteiger partial charge in [0, 0.05) is 19.6 Å². The fourth-order valence-corrected chi connectivity index (χ4v) is 4.09. The highest BCUT2D eigenvalue weighted by molar-refractivity contribution is 6.42. The summed E-state index contributed by atoms with van der Waals surface area (Å²) in [6, 6.07) is 14.3. The Kier molecular flexibility index (Phi) is 6.80. The molecule has 5 heteroatoms. The van der Waals surface area contributed by atoms with Crippen LogP contribution in [0.1, 0.15) is 42.0 Å². The van der Waals surface area contributed by atoms with E-state index >= 15 is 0 Å². The standard InChI is InChI=1S/C22H26Cl2N2O/c1-25-12-6-5-9-21(25)18-8-4-3-7-17(18)15-26(2)22(27)14-16-10-11-19(23)20(24)13-16/h3-4,7-8,10-11,13,21H,5-6,9,12,14-15H2,1-2H3. The van der Waals surface area contributed by atoms with Crippen molar-refractivity contribution in [2.24, 2.45) is 0 Å². The van der Waals surface area contributed by atoms with E-state index in [2.05, 4.69) is 36.2 Å². The molecule has 0 N–H and O–H groups in total. The largest absolute Gasteiger partial charge is 0.341 e. The molecule has 1 aliphatic rings. The lowest BCUT2D eigenvalue weighted by atomic mass is 9.92. The van der Waals surface area contributed by atoms with Crippen LogP contribution in [0.25, 0.3) is 0 Å². The van der Waals surface area contributed by atoms with Crippen molar-refractivity contribution >= 4 is 29.1 Å². The summed E-state index contributed by atoms with van der Waals surface area (Å²) in [5, 5.41) is 0.988. The van der Waals surface area contributed by atoms with E-state index in [1.807, 2.05) is 13.1 Å². The summed E-state index contributed by atoms with van der Waals surface area (Å²) in [5.41, 5.74) is 3.44. The Bertz CT molecular complexity index is 809. The third-order valence-corrected chi connectivity index (χ3v) is 6.10. The van der Waals surface area contributed by atoms with Crippen molar-refractivity contribution in [3.8, 4) is 0 Å². The van der Waals surface area contributed by atoms with E-state index in [-0.39, 0.29) is 5.91 Å². The molecule has 1 fully saturated rings. The third kappa shape index (κ3) is 5.04. The number of amides is 1. The molecule has 0 saturated carbocycles. The number of carbonyl (C=O) groups excluding carboxylic acids is 1. The molecule has 1 amide bonds. The lowest BCUT2D eigenvalue weighted by Crippen LogP contribution is -2.32. The van der Waals surface area contributed by atoms with Crippen molar-refractivity contribution in [3.63, 3.8) is 0 Å². The number of halogens is 2. The summed E-state index contributed by atoms with van der Waals surface area (Å²) in [4.78, 5) is 16.9. The number of hydrogen-bond acceptors (Lipinski definition) is 2. The smallest absolute Gasteiger partial charge is 0.227 e. The van der Waals surface area contributed by atoms with Gasteiger partial charge >= 0.3 is 0 Å². The zero-order chi connectivity index (χ0) is 19.4. The molecule has 0 aromatic heterocycles. The van der Waals surface area contributed by atoms with E-state index in [9.17, 15) is 4.79 Å². The van der Waals surface area contributed by atoms with E-state index in [0.717, 1.165) is 12.1 Å². The van der Waals surface area contributed by atoms with E-state index < -0.39 is 0 Å². The van der Waals surface area contributed by atoms with Crippen LogP contribution in [0.15, 0.2) is 42.5 Å². The molecular formula is C22H26Cl2N2O. The molecule has 1 heterocycles. The molecule has 2 aromatic carbocycles. The quantitative estimate of drug-likeness (QED) is 0.670. The number of likely N-dealkylation sites (tertiary alicyclic amines) is 1. The molecule has 1 unspecified atom stereocenters. The van der Waals surface area contributed by atoms with Gasteiger partial charge in [-0.05, 0) is 55.3 Å². The second kappa shape index (κ2) is 9.09. The first kappa shape index (κ1) is 20.2. The van der Waals surface area contributed by atoms with Gasteiger partial charge in [-0.25, -0.2) is 0 Å². The van der Waals surface area contributed by atoms with Crippen molar-refractivity contribution < 1.29 is 4.79 Å². The first-order valence-corrected chi connectivity index (χ1v) is 10.2. The van der Waals surface area contributed by atoms with Crippen LogP contribution in [0.4, 0.5) is 0 Å². The van der Waals surface area contributed by atoms with Gasteiger partial charge < -0.3 is 4.90 Å². The van der Waals surface area contributed by atoms with E-state index in [1.54, 1.807) is 17.0 Å². The normalized spacial score (nSPS) is 17.7. The van der Waals surface area contributed by atoms with E-state index in [0.29, 0.717) is 29.1 Å². The molecule has 1 saturated heterocycles. The second-order valence-corrected chi connectivity index (χ2v) is 8.18. The minimum absolute atomic E-state index is 0.0696. The zero-order valence-electron chi connectivity index (χ0n) is 15.9. The number of carbonyl (C=O) groups is 1. The summed E-state index contributed by atoms with van der Waals surface area (Å²) >= 11 is 12.0. The number of benzene rings is 2. The number of hydrogen-bond donors (Lipinski definition) is 0. The van der Waals surface area contributed by atoms with Crippen LogP contribution in [0, 0.1) is 0 Å². The maximum atomic E-state index is 12.7. The Hall–Kier alpha value is -1.55. The highest BCUT2D eigenvalue weighted by Gasteiger charge is 2.23. The van der Waals surface area contributed by atoms with Gasteiger partial charge in [0.25, 0.3) is 0 Å². The van der Waals surface area contributed by atoms with Gasteiger partial charge in [0.15, 0.2) is 0 Å². The van der Waals surface area contributed by atoms with Gasteiger partial charge in [-0.3, -0.25) is 9.69 Å². The Balaban J connectivity index is 1.71. The van der Waals surface area contributed by atoms with Crippen LogP contribution < -0.4 is 0 Å². The molecule has 3 rings (SSSR count). The molecule has 1 aliphatic heterocycles. The molecule has 0 spiro atoms. The van der Waals surface area contributed by atoms with Gasteiger partial charge in [-0.2, -0.15) is 0 Å². The Morgan fingerprint density at radius 3 is 2.67 bits per heavy atom. The van der Waals surface area contributed by atoms with Crippen LogP contribution in [0.5, 0.6) is 0 Å². The van der Waals surface area contributed by atoms with Gasteiger partial charge in [0.2, 0.25) is 5.91 Å². The summed E-state index contributed by atoms with van der Waals surface area (Å²) in [6.07, 6.45) is 4.01. The summed E-state index contributed by atoms with van der Waals surface area (Å²) < 4.78 is 0. The molecule has 144 valence electrons. The predicted molar refractivity (Wildman–Crippen MR) is 112 cm³/mol. The molecule has 0 bridgehead atoms. The number of rotatable bonds is 5. The van der Waals surface area contributed by atoms with E-state index in [4.69, 9.17) is 23.2 Å². The van der Waals surface area contributed by atoms with Gasteiger partial charge in [-0.15, -0.1) is 0 Å². The first-order valence-electron chi connectivity index (χ1n) is 9.41. The second-order valence-electron chi connectivity index (χ2n) is 7.37. The average molecular weight is 405 g/mol. The molecule has 27 heavy (non-hydrogen) atoms. The molecule has 3 nitrogen and oxygen atoms in total. The maximum Gasteiger partial charge on any atom is 0.227 e.